The van der Waals surface area contributed by atoms with Crippen LogP contribution in [-0.4, -0.2) is 16.9 Å². The molecule has 3 rings (SSSR count). The van der Waals surface area contributed by atoms with Gasteiger partial charge in [-0.25, -0.2) is 9.37 Å². The number of aromatic nitrogens is 1. The van der Waals surface area contributed by atoms with Crippen molar-refractivity contribution >= 4 is 34.0 Å². The number of nitrogens with zero attached hydrogens (tertiary/aromatic N) is 2. The fourth-order valence-electron chi connectivity index (χ4n) is 2.73. The highest BCUT2D eigenvalue weighted by molar-refractivity contribution is 7.14. The zero-order chi connectivity index (χ0) is 21.0. The van der Waals surface area contributed by atoms with Crippen LogP contribution < -0.4 is 4.90 Å². The lowest BCUT2D eigenvalue weighted by Gasteiger charge is -2.19. The molecule has 0 N–H and O–H groups in total. The number of carbonyl (C=O) groups is 2. The van der Waals surface area contributed by atoms with Gasteiger partial charge in [0.2, 0.25) is 5.91 Å². The average molecular weight is 412 g/mol. The SMILES string of the molecule is CC(=O)N(c1ccc(C)c(C)c1)c1nc(COC(=O)Cc2ccc(F)cc2)cs1. The van der Waals surface area contributed by atoms with Crippen LogP contribution in [0.3, 0.4) is 0 Å². The Balaban J connectivity index is 1.66. The standard InChI is InChI=1S/C22H21FN2O3S/c1-14-4-9-20(10-15(14)2)25(16(3)26)22-24-19(13-29-22)12-28-21(27)11-17-5-7-18(23)8-6-17/h4-10,13H,11-12H2,1-3H3. The second-order valence-electron chi connectivity index (χ2n) is 6.71. The van der Waals surface area contributed by atoms with Gasteiger partial charge in [0.15, 0.2) is 5.13 Å². The minimum Gasteiger partial charge on any atom is -0.459 e. The molecule has 1 amide bonds. The maximum atomic E-state index is 12.9. The van der Waals surface area contributed by atoms with Gasteiger partial charge in [-0.1, -0.05) is 18.2 Å². The van der Waals surface area contributed by atoms with Crippen molar-refractivity contribution in [3.63, 3.8) is 0 Å². The zero-order valence-electron chi connectivity index (χ0n) is 16.4. The van der Waals surface area contributed by atoms with Crippen LogP contribution in [-0.2, 0) is 27.4 Å². The van der Waals surface area contributed by atoms with Gasteiger partial charge in [-0.15, -0.1) is 11.3 Å². The van der Waals surface area contributed by atoms with E-state index in [-0.39, 0.29) is 24.8 Å². The Bertz CT molecular complexity index is 1030. The number of hydrogen-bond acceptors (Lipinski definition) is 5. The van der Waals surface area contributed by atoms with E-state index in [9.17, 15) is 14.0 Å². The van der Waals surface area contributed by atoms with Crippen LogP contribution in [0.1, 0.15) is 29.3 Å². The van der Waals surface area contributed by atoms with Gasteiger partial charge in [0.25, 0.3) is 0 Å². The first-order valence-electron chi connectivity index (χ1n) is 9.06. The third-order valence-electron chi connectivity index (χ3n) is 4.44. The van der Waals surface area contributed by atoms with Gasteiger partial charge in [0, 0.05) is 12.3 Å². The second kappa shape index (κ2) is 8.96. The predicted octanol–water partition coefficient (Wildman–Crippen LogP) is 4.87. The summed E-state index contributed by atoms with van der Waals surface area (Å²) in [6.45, 7) is 5.50. The molecule has 3 aromatic rings. The fraction of sp³-hybridized carbons (Fsp3) is 0.227. The first kappa shape index (κ1) is 20.7. The van der Waals surface area contributed by atoms with Crippen LogP contribution in [0, 0.1) is 19.7 Å². The molecule has 0 aliphatic carbocycles. The lowest BCUT2D eigenvalue weighted by atomic mass is 10.1. The van der Waals surface area contributed by atoms with E-state index in [0.717, 1.165) is 16.8 Å². The quantitative estimate of drug-likeness (QED) is 0.542. The highest BCUT2D eigenvalue weighted by atomic mass is 32.1. The fourth-order valence-corrected chi connectivity index (χ4v) is 3.60. The number of halogens is 1. The van der Waals surface area contributed by atoms with Crippen LogP contribution in [0.2, 0.25) is 0 Å². The summed E-state index contributed by atoms with van der Waals surface area (Å²) in [5.74, 6) is -0.929. The van der Waals surface area contributed by atoms with Gasteiger partial charge in [0.1, 0.15) is 12.4 Å². The molecule has 29 heavy (non-hydrogen) atoms. The molecule has 0 aliphatic heterocycles. The van der Waals surface area contributed by atoms with Crippen molar-refractivity contribution < 1.29 is 18.7 Å². The van der Waals surface area contributed by atoms with E-state index >= 15 is 0 Å². The van der Waals surface area contributed by atoms with Crippen molar-refractivity contribution in [3.05, 3.63) is 76.0 Å². The summed E-state index contributed by atoms with van der Waals surface area (Å²) in [5.41, 5.74) is 4.21. The Hall–Kier alpha value is -3.06. The molecule has 2 aromatic carbocycles. The minimum absolute atomic E-state index is 0.00913. The summed E-state index contributed by atoms with van der Waals surface area (Å²) in [4.78, 5) is 30.2. The van der Waals surface area contributed by atoms with Gasteiger partial charge < -0.3 is 4.74 Å². The van der Waals surface area contributed by atoms with Crippen molar-refractivity contribution in [2.24, 2.45) is 0 Å². The van der Waals surface area contributed by atoms with E-state index in [2.05, 4.69) is 4.98 Å². The molecule has 0 fully saturated rings. The van der Waals surface area contributed by atoms with Gasteiger partial charge in [-0.05, 0) is 54.8 Å². The second-order valence-corrected chi connectivity index (χ2v) is 7.54. The Kier molecular flexibility index (Phi) is 6.39. The smallest absolute Gasteiger partial charge is 0.310 e. The van der Waals surface area contributed by atoms with E-state index in [1.54, 1.807) is 22.4 Å². The normalized spacial score (nSPS) is 10.6. The summed E-state index contributed by atoms with van der Waals surface area (Å²) in [6.07, 6.45) is 0.0550. The molecular weight excluding hydrogens is 391 g/mol. The molecule has 0 atom stereocenters. The highest BCUT2D eigenvalue weighted by Crippen LogP contribution is 2.30. The molecule has 0 unspecified atom stereocenters. The number of ether oxygens (including phenoxy) is 1. The Morgan fingerprint density at radius 3 is 2.48 bits per heavy atom. The van der Waals surface area contributed by atoms with Crippen molar-refractivity contribution in [2.45, 2.75) is 33.8 Å². The maximum Gasteiger partial charge on any atom is 0.310 e. The van der Waals surface area contributed by atoms with Gasteiger partial charge in [0.05, 0.1) is 17.8 Å². The minimum atomic E-state index is -0.427. The van der Waals surface area contributed by atoms with E-state index in [1.807, 2.05) is 32.0 Å². The first-order valence-corrected chi connectivity index (χ1v) is 9.94. The molecule has 1 heterocycles. The van der Waals surface area contributed by atoms with Crippen molar-refractivity contribution in [1.82, 2.24) is 4.98 Å². The summed E-state index contributed by atoms with van der Waals surface area (Å²) >= 11 is 1.31. The largest absolute Gasteiger partial charge is 0.459 e. The molecule has 0 radical (unpaired) electrons. The summed E-state index contributed by atoms with van der Waals surface area (Å²) in [6, 6.07) is 11.5. The lowest BCUT2D eigenvalue weighted by molar-refractivity contribution is -0.144. The Labute approximate surface area is 172 Å². The third kappa shape index (κ3) is 5.26. The molecule has 0 aliphatic rings. The molecule has 5 nitrogen and oxygen atoms in total. The zero-order valence-corrected chi connectivity index (χ0v) is 17.3. The summed E-state index contributed by atoms with van der Waals surface area (Å²) < 4.78 is 18.2. The number of aryl methyl sites for hydroxylation is 2. The summed E-state index contributed by atoms with van der Waals surface area (Å²) in [7, 11) is 0. The van der Waals surface area contributed by atoms with E-state index in [1.165, 1.54) is 30.4 Å². The van der Waals surface area contributed by atoms with Crippen molar-refractivity contribution in [1.29, 1.82) is 0 Å². The van der Waals surface area contributed by atoms with Crippen LogP contribution in [0.5, 0.6) is 0 Å². The van der Waals surface area contributed by atoms with Crippen molar-refractivity contribution in [3.8, 4) is 0 Å². The number of benzene rings is 2. The number of thiazole rings is 1. The molecule has 0 saturated carbocycles. The Morgan fingerprint density at radius 1 is 1.10 bits per heavy atom. The van der Waals surface area contributed by atoms with Crippen LogP contribution in [0.4, 0.5) is 15.2 Å². The predicted molar refractivity (Wildman–Crippen MR) is 111 cm³/mol. The molecule has 0 spiro atoms. The van der Waals surface area contributed by atoms with Crippen LogP contribution in [0.15, 0.2) is 47.8 Å². The molecule has 0 saturated heterocycles. The number of rotatable bonds is 6. The molecular formula is C22H21FN2O3S. The summed E-state index contributed by atoms with van der Waals surface area (Å²) in [5, 5.41) is 2.28. The highest BCUT2D eigenvalue weighted by Gasteiger charge is 2.19. The molecule has 1 aromatic heterocycles. The van der Waals surface area contributed by atoms with Crippen LogP contribution >= 0.6 is 11.3 Å². The first-order chi connectivity index (χ1) is 13.8. The van der Waals surface area contributed by atoms with Gasteiger partial charge >= 0.3 is 5.97 Å². The lowest BCUT2D eigenvalue weighted by Crippen LogP contribution is -2.22. The van der Waals surface area contributed by atoms with Gasteiger partial charge in [-0.2, -0.15) is 0 Å². The molecule has 7 heteroatoms. The van der Waals surface area contributed by atoms with Crippen LogP contribution in [0.25, 0.3) is 0 Å². The number of hydrogen-bond donors (Lipinski definition) is 0. The molecule has 150 valence electrons. The van der Waals surface area contributed by atoms with E-state index < -0.39 is 5.97 Å². The van der Waals surface area contributed by atoms with Crippen molar-refractivity contribution in [2.75, 3.05) is 4.90 Å². The number of carbonyl (C=O) groups excluding carboxylic acids is 2. The number of amides is 1. The number of anilines is 2. The van der Waals surface area contributed by atoms with E-state index in [0.29, 0.717) is 16.4 Å². The third-order valence-corrected chi connectivity index (χ3v) is 5.31. The topological polar surface area (TPSA) is 59.5 Å². The average Bonchev–Trinajstić information content (AvgIpc) is 3.13. The van der Waals surface area contributed by atoms with Gasteiger partial charge in [-0.3, -0.25) is 14.5 Å². The Morgan fingerprint density at radius 2 is 1.83 bits per heavy atom. The maximum absolute atomic E-state index is 12.9. The number of esters is 1. The molecule has 0 bridgehead atoms. The monoisotopic (exact) mass is 412 g/mol. The van der Waals surface area contributed by atoms with E-state index in [4.69, 9.17) is 4.74 Å².